The molecule has 0 spiro atoms. The molecule has 0 aliphatic carbocycles. The van der Waals surface area contributed by atoms with E-state index in [0.717, 1.165) is 31.7 Å². The van der Waals surface area contributed by atoms with E-state index in [-0.39, 0.29) is 12.3 Å². The highest BCUT2D eigenvalue weighted by Crippen LogP contribution is 2.18. The van der Waals surface area contributed by atoms with E-state index in [1.54, 1.807) is 0 Å². The number of anilines is 1. The van der Waals surface area contributed by atoms with E-state index in [0.29, 0.717) is 24.1 Å². The molecule has 3 rings (SSSR count). The predicted molar refractivity (Wildman–Crippen MR) is 80.3 cm³/mol. The second-order valence-electron chi connectivity index (χ2n) is 5.48. The molecule has 0 radical (unpaired) electrons. The number of hydrogen-bond donors (Lipinski definition) is 1. The SMILES string of the molecule is O=C(Cc1noc(CC2CCCOC2)n1)Nc1ccccc1. The van der Waals surface area contributed by atoms with E-state index >= 15 is 0 Å². The molecule has 1 unspecified atom stereocenters. The Morgan fingerprint density at radius 2 is 2.18 bits per heavy atom. The van der Waals surface area contributed by atoms with Crippen LogP contribution in [-0.2, 0) is 22.4 Å². The van der Waals surface area contributed by atoms with Gasteiger partial charge in [-0.05, 0) is 30.9 Å². The predicted octanol–water partition coefficient (Wildman–Crippen LogP) is 2.22. The van der Waals surface area contributed by atoms with Crippen LogP contribution in [0.2, 0.25) is 0 Å². The van der Waals surface area contributed by atoms with Gasteiger partial charge in [0.05, 0.1) is 6.42 Å². The largest absolute Gasteiger partial charge is 0.381 e. The van der Waals surface area contributed by atoms with Crippen LogP contribution in [0.4, 0.5) is 5.69 Å². The van der Waals surface area contributed by atoms with Crippen molar-refractivity contribution in [3.05, 3.63) is 42.0 Å². The number of para-hydroxylation sites is 1. The molecule has 1 aromatic carbocycles. The third-order valence-electron chi connectivity index (χ3n) is 3.60. The average Bonchev–Trinajstić information content (AvgIpc) is 2.96. The average molecular weight is 301 g/mol. The number of amides is 1. The minimum Gasteiger partial charge on any atom is -0.381 e. The minimum atomic E-state index is -0.153. The summed E-state index contributed by atoms with van der Waals surface area (Å²) in [7, 11) is 0. The van der Waals surface area contributed by atoms with Crippen LogP contribution in [0.15, 0.2) is 34.9 Å². The first-order valence-electron chi connectivity index (χ1n) is 7.54. The molecule has 2 aromatic rings. The Kier molecular flexibility index (Phi) is 4.80. The molecule has 1 aliphatic heterocycles. The first-order valence-corrected chi connectivity index (χ1v) is 7.54. The molecule has 22 heavy (non-hydrogen) atoms. The Hall–Kier alpha value is -2.21. The van der Waals surface area contributed by atoms with Gasteiger partial charge < -0.3 is 14.6 Å². The van der Waals surface area contributed by atoms with Crippen molar-refractivity contribution in [2.75, 3.05) is 18.5 Å². The van der Waals surface area contributed by atoms with Crippen LogP contribution in [0.25, 0.3) is 0 Å². The number of rotatable bonds is 5. The number of nitrogens with one attached hydrogen (secondary N) is 1. The van der Waals surface area contributed by atoms with Gasteiger partial charge in [0.15, 0.2) is 5.82 Å². The molecular formula is C16H19N3O3. The van der Waals surface area contributed by atoms with Crippen molar-refractivity contribution in [2.45, 2.75) is 25.7 Å². The Morgan fingerprint density at radius 3 is 2.95 bits per heavy atom. The lowest BCUT2D eigenvalue weighted by atomic mass is 9.99. The highest BCUT2D eigenvalue weighted by atomic mass is 16.5. The van der Waals surface area contributed by atoms with E-state index in [2.05, 4.69) is 15.5 Å². The molecule has 1 atom stereocenters. The fourth-order valence-corrected chi connectivity index (χ4v) is 2.53. The number of carbonyl (C=O) groups excluding carboxylic acids is 1. The van der Waals surface area contributed by atoms with Gasteiger partial charge in [-0.3, -0.25) is 4.79 Å². The maximum Gasteiger partial charge on any atom is 0.232 e. The van der Waals surface area contributed by atoms with Gasteiger partial charge in [-0.2, -0.15) is 4.98 Å². The van der Waals surface area contributed by atoms with E-state index in [4.69, 9.17) is 9.26 Å². The molecule has 116 valence electrons. The first-order chi connectivity index (χ1) is 10.8. The summed E-state index contributed by atoms with van der Waals surface area (Å²) in [6, 6.07) is 9.31. The van der Waals surface area contributed by atoms with Gasteiger partial charge in [-0.15, -0.1) is 0 Å². The molecule has 1 fully saturated rings. The van der Waals surface area contributed by atoms with Crippen LogP contribution in [0.1, 0.15) is 24.6 Å². The summed E-state index contributed by atoms with van der Waals surface area (Å²) in [5, 5.41) is 6.68. The van der Waals surface area contributed by atoms with Crippen molar-refractivity contribution in [2.24, 2.45) is 5.92 Å². The molecule has 1 saturated heterocycles. The zero-order valence-corrected chi connectivity index (χ0v) is 12.3. The summed E-state index contributed by atoms with van der Waals surface area (Å²) >= 11 is 0. The summed E-state index contributed by atoms with van der Waals surface area (Å²) in [4.78, 5) is 16.2. The van der Waals surface area contributed by atoms with E-state index in [1.807, 2.05) is 30.3 Å². The summed E-state index contributed by atoms with van der Waals surface area (Å²) in [5.74, 6) is 1.28. The van der Waals surface area contributed by atoms with Crippen LogP contribution < -0.4 is 5.32 Å². The number of aromatic nitrogens is 2. The van der Waals surface area contributed by atoms with Crippen LogP contribution >= 0.6 is 0 Å². The van der Waals surface area contributed by atoms with Crippen molar-refractivity contribution in [3.8, 4) is 0 Å². The fourth-order valence-electron chi connectivity index (χ4n) is 2.53. The standard InChI is InChI=1S/C16H19N3O3/c20-15(17-13-6-2-1-3-7-13)10-14-18-16(22-19-14)9-12-5-4-8-21-11-12/h1-3,6-7,12H,4-5,8-11H2,(H,17,20). The van der Waals surface area contributed by atoms with E-state index < -0.39 is 0 Å². The van der Waals surface area contributed by atoms with Crippen molar-refractivity contribution < 1.29 is 14.1 Å². The minimum absolute atomic E-state index is 0.111. The van der Waals surface area contributed by atoms with Gasteiger partial charge in [0.2, 0.25) is 11.8 Å². The Labute approximate surface area is 128 Å². The second-order valence-corrected chi connectivity index (χ2v) is 5.48. The fraction of sp³-hybridized carbons (Fsp3) is 0.438. The monoisotopic (exact) mass is 301 g/mol. The molecule has 1 aromatic heterocycles. The normalized spacial score (nSPS) is 18.1. The smallest absolute Gasteiger partial charge is 0.232 e. The molecule has 1 N–H and O–H groups in total. The maximum atomic E-state index is 11.9. The van der Waals surface area contributed by atoms with Crippen molar-refractivity contribution >= 4 is 11.6 Å². The van der Waals surface area contributed by atoms with Crippen LogP contribution in [0.5, 0.6) is 0 Å². The zero-order valence-electron chi connectivity index (χ0n) is 12.3. The number of hydrogen-bond acceptors (Lipinski definition) is 5. The van der Waals surface area contributed by atoms with Crippen LogP contribution in [0.3, 0.4) is 0 Å². The Balaban J connectivity index is 1.51. The Bertz CT molecular complexity index is 606. The van der Waals surface area contributed by atoms with Gasteiger partial charge in [0.1, 0.15) is 0 Å². The quantitative estimate of drug-likeness (QED) is 0.916. The number of nitrogens with zero attached hydrogens (tertiary/aromatic N) is 2. The molecular weight excluding hydrogens is 282 g/mol. The number of carbonyl (C=O) groups is 1. The van der Waals surface area contributed by atoms with Crippen molar-refractivity contribution in [1.82, 2.24) is 10.1 Å². The highest BCUT2D eigenvalue weighted by Gasteiger charge is 2.18. The number of ether oxygens (including phenoxy) is 1. The first kappa shape index (κ1) is 14.7. The van der Waals surface area contributed by atoms with Crippen molar-refractivity contribution in [3.63, 3.8) is 0 Å². The maximum absolute atomic E-state index is 11.9. The molecule has 6 nitrogen and oxygen atoms in total. The topological polar surface area (TPSA) is 77.2 Å². The van der Waals surface area contributed by atoms with E-state index in [9.17, 15) is 4.79 Å². The molecule has 6 heteroatoms. The van der Waals surface area contributed by atoms with Gasteiger partial charge in [-0.1, -0.05) is 23.4 Å². The molecule has 2 heterocycles. The summed E-state index contributed by atoms with van der Waals surface area (Å²) in [6.07, 6.45) is 3.02. The van der Waals surface area contributed by atoms with Crippen LogP contribution in [0, 0.1) is 5.92 Å². The highest BCUT2D eigenvalue weighted by molar-refractivity contribution is 5.91. The lowest BCUT2D eigenvalue weighted by molar-refractivity contribution is -0.115. The lowest BCUT2D eigenvalue weighted by Gasteiger charge is -2.20. The van der Waals surface area contributed by atoms with Gasteiger partial charge in [-0.25, -0.2) is 0 Å². The number of benzene rings is 1. The molecule has 0 saturated carbocycles. The summed E-state index contributed by atoms with van der Waals surface area (Å²) in [6.45, 7) is 1.58. The summed E-state index contributed by atoms with van der Waals surface area (Å²) in [5.41, 5.74) is 0.760. The lowest BCUT2D eigenvalue weighted by Crippen LogP contribution is -2.19. The molecule has 1 amide bonds. The Morgan fingerprint density at radius 1 is 1.32 bits per heavy atom. The third kappa shape index (κ3) is 4.14. The summed E-state index contributed by atoms with van der Waals surface area (Å²) < 4.78 is 10.7. The van der Waals surface area contributed by atoms with Crippen LogP contribution in [-0.4, -0.2) is 29.3 Å². The van der Waals surface area contributed by atoms with E-state index in [1.165, 1.54) is 0 Å². The van der Waals surface area contributed by atoms with Gasteiger partial charge >= 0.3 is 0 Å². The third-order valence-corrected chi connectivity index (χ3v) is 3.60. The van der Waals surface area contributed by atoms with Gasteiger partial charge in [0, 0.05) is 25.3 Å². The molecule has 1 aliphatic rings. The zero-order chi connectivity index (χ0) is 15.2. The second kappa shape index (κ2) is 7.17. The van der Waals surface area contributed by atoms with Gasteiger partial charge in [0.25, 0.3) is 0 Å². The molecule has 0 bridgehead atoms. The van der Waals surface area contributed by atoms with Crippen molar-refractivity contribution in [1.29, 1.82) is 0 Å².